The SMILES string of the molecule is C[C@@H]1C(=O)N(Cc2ccccc2)Cc2nnc(Cc3c[nH]c4ccccc34)n21. The van der Waals surface area contributed by atoms with Crippen molar-refractivity contribution in [1.82, 2.24) is 24.6 Å². The van der Waals surface area contributed by atoms with Gasteiger partial charge in [0.15, 0.2) is 5.82 Å². The van der Waals surface area contributed by atoms with Gasteiger partial charge in [-0.1, -0.05) is 48.5 Å². The number of aromatic nitrogens is 4. The molecule has 1 aliphatic rings. The van der Waals surface area contributed by atoms with Crippen molar-refractivity contribution in [1.29, 1.82) is 0 Å². The Morgan fingerprint density at radius 2 is 1.86 bits per heavy atom. The van der Waals surface area contributed by atoms with Crippen LogP contribution in [0.5, 0.6) is 0 Å². The fraction of sp³-hybridized carbons (Fsp3) is 0.227. The lowest BCUT2D eigenvalue weighted by Crippen LogP contribution is -2.41. The minimum atomic E-state index is -0.303. The Morgan fingerprint density at radius 1 is 1.07 bits per heavy atom. The molecule has 0 unspecified atom stereocenters. The van der Waals surface area contributed by atoms with E-state index < -0.39 is 0 Å². The van der Waals surface area contributed by atoms with Crippen LogP contribution in [0.1, 0.15) is 35.7 Å². The molecule has 0 saturated heterocycles. The molecule has 0 bridgehead atoms. The smallest absolute Gasteiger partial charge is 0.246 e. The third kappa shape index (κ3) is 2.78. The average molecular weight is 371 g/mol. The molecule has 1 aliphatic heterocycles. The van der Waals surface area contributed by atoms with Gasteiger partial charge in [-0.25, -0.2) is 0 Å². The second-order valence-corrected chi connectivity index (χ2v) is 7.29. The standard InChI is InChI=1S/C22H21N5O/c1-15-22(28)26(13-16-7-3-2-4-8-16)14-21-25-24-20(27(15)21)11-17-12-23-19-10-6-5-9-18(17)19/h2-10,12,15,23H,11,13-14H2,1H3/t15-/m1/s1. The highest BCUT2D eigenvalue weighted by Crippen LogP contribution is 2.27. The number of carbonyl (C=O) groups excluding carboxylic acids is 1. The number of nitrogens with zero attached hydrogens (tertiary/aromatic N) is 4. The van der Waals surface area contributed by atoms with E-state index in [1.807, 2.05) is 65.1 Å². The van der Waals surface area contributed by atoms with Crippen LogP contribution in [0.25, 0.3) is 10.9 Å². The molecule has 140 valence electrons. The normalized spacial score (nSPS) is 16.5. The van der Waals surface area contributed by atoms with Crippen molar-refractivity contribution in [3.8, 4) is 0 Å². The predicted molar refractivity (Wildman–Crippen MR) is 107 cm³/mol. The number of rotatable bonds is 4. The van der Waals surface area contributed by atoms with E-state index in [1.165, 1.54) is 5.39 Å². The predicted octanol–water partition coefficient (Wildman–Crippen LogP) is 3.45. The maximum absolute atomic E-state index is 13.0. The fourth-order valence-electron chi connectivity index (χ4n) is 4.05. The van der Waals surface area contributed by atoms with Crippen LogP contribution < -0.4 is 0 Å². The van der Waals surface area contributed by atoms with Crippen LogP contribution in [-0.4, -0.2) is 30.6 Å². The van der Waals surface area contributed by atoms with Gasteiger partial charge in [0, 0.05) is 30.1 Å². The van der Waals surface area contributed by atoms with Gasteiger partial charge in [-0.2, -0.15) is 0 Å². The van der Waals surface area contributed by atoms with Crippen LogP contribution in [-0.2, 0) is 24.3 Å². The van der Waals surface area contributed by atoms with E-state index in [0.717, 1.165) is 28.3 Å². The highest BCUT2D eigenvalue weighted by atomic mass is 16.2. The summed E-state index contributed by atoms with van der Waals surface area (Å²) in [5.74, 6) is 1.79. The Morgan fingerprint density at radius 3 is 2.71 bits per heavy atom. The number of H-pyrrole nitrogens is 1. The van der Waals surface area contributed by atoms with Gasteiger partial charge in [0.1, 0.15) is 11.9 Å². The number of aromatic amines is 1. The van der Waals surface area contributed by atoms with E-state index >= 15 is 0 Å². The molecule has 6 nitrogen and oxygen atoms in total. The molecule has 4 aromatic rings. The zero-order chi connectivity index (χ0) is 19.1. The molecule has 6 heteroatoms. The molecule has 1 atom stereocenters. The van der Waals surface area contributed by atoms with Crippen molar-refractivity contribution >= 4 is 16.8 Å². The first-order valence-electron chi connectivity index (χ1n) is 9.51. The van der Waals surface area contributed by atoms with E-state index in [0.29, 0.717) is 19.5 Å². The molecule has 3 heterocycles. The Hall–Kier alpha value is -3.41. The quantitative estimate of drug-likeness (QED) is 0.597. The number of fused-ring (bicyclic) bond motifs is 2. The number of hydrogen-bond donors (Lipinski definition) is 1. The molecule has 2 aromatic heterocycles. The lowest BCUT2D eigenvalue weighted by molar-refractivity contribution is -0.137. The Balaban J connectivity index is 1.44. The maximum Gasteiger partial charge on any atom is 0.246 e. The molecule has 1 N–H and O–H groups in total. The fourth-order valence-corrected chi connectivity index (χ4v) is 4.05. The van der Waals surface area contributed by atoms with Crippen LogP contribution in [0, 0.1) is 0 Å². The van der Waals surface area contributed by atoms with Crippen LogP contribution >= 0.6 is 0 Å². The lowest BCUT2D eigenvalue weighted by atomic mass is 10.1. The second-order valence-electron chi connectivity index (χ2n) is 7.29. The van der Waals surface area contributed by atoms with E-state index in [1.54, 1.807) is 0 Å². The Labute approximate surface area is 162 Å². The summed E-state index contributed by atoms with van der Waals surface area (Å²) in [5, 5.41) is 10.0. The molecular formula is C22H21N5O. The molecule has 0 fully saturated rings. The summed E-state index contributed by atoms with van der Waals surface area (Å²) in [6.07, 6.45) is 2.66. The number of hydrogen-bond acceptors (Lipinski definition) is 3. The first-order valence-corrected chi connectivity index (χ1v) is 9.51. The van der Waals surface area contributed by atoms with Gasteiger partial charge in [0.2, 0.25) is 5.91 Å². The number of carbonyl (C=O) groups is 1. The first kappa shape index (κ1) is 16.7. The summed E-state index contributed by atoms with van der Waals surface area (Å²) < 4.78 is 2.01. The summed E-state index contributed by atoms with van der Waals surface area (Å²) in [6, 6.07) is 18.0. The van der Waals surface area contributed by atoms with Crippen LogP contribution in [0.4, 0.5) is 0 Å². The van der Waals surface area contributed by atoms with Gasteiger partial charge in [-0.15, -0.1) is 10.2 Å². The van der Waals surface area contributed by atoms with E-state index in [9.17, 15) is 4.79 Å². The van der Waals surface area contributed by atoms with Gasteiger partial charge < -0.3 is 14.5 Å². The van der Waals surface area contributed by atoms with E-state index in [4.69, 9.17) is 0 Å². The number of benzene rings is 2. The molecule has 5 rings (SSSR count). The highest BCUT2D eigenvalue weighted by Gasteiger charge is 2.33. The molecule has 1 amide bonds. The largest absolute Gasteiger partial charge is 0.361 e. The lowest BCUT2D eigenvalue weighted by Gasteiger charge is -2.32. The summed E-state index contributed by atoms with van der Waals surface area (Å²) in [7, 11) is 0. The van der Waals surface area contributed by atoms with Gasteiger partial charge >= 0.3 is 0 Å². The average Bonchev–Trinajstić information content (AvgIpc) is 3.31. The van der Waals surface area contributed by atoms with Crippen molar-refractivity contribution in [3.05, 3.63) is 83.6 Å². The molecule has 2 aromatic carbocycles. The van der Waals surface area contributed by atoms with E-state index in [2.05, 4.69) is 27.3 Å². The van der Waals surface area contributed by atoms with Crippen molar-refractivity contribution < 1.29 is 4.79 Å². The van der Waals surface area contributed by atoms with Gasteiger partial charge in [0.25, 0.3) is 0 Å². The molecule has 0 aliphatic carbocycles. The zero-order valence-electron chi connectivity index (χ0n) is 15.7. The summed E-state index contributed by atoms with van der Waals surface area (Å²) in [6.45, 7) is 3.01. The van der Waals surface area contributed by atoms with E-state index in [-0.39, 0.29) is 11.9 Å². The van der Waals surface area contributed by atoms with Crippen LogP contribution in [0.15, 0.2) is 60.8 Å². The van der Waals surface area contributed by atoms with Gasteiger partial charge in [0.05, 0.1) is 6.54 Å². The minimum Gasteiger partial charge on any atom is -0.361 e. The first-order chi connectivity index (χ1) is 13.7. The molecule has 0 spiro atoms. The Kier molecular flexibility index (Phi) is 3.97. The maximum atomic E-state index is 13.0. The number of para-hydroxylation sites is 1. The summed E-state index contributed by atoms with van der Waals surface area (Å²) in [5.41, 5.74) is 3.39. The number of amides is 1. The third-order valence-corrected chi connectivity index (χ3v) is 5.47. The van der Waals surface area contributed by atoms with Crippen molar-refractivity contribution in [2.45, 2.75) is 32.5 Å². The highest BCUT2D eigenvalue weighted by molar-refractivity contribution is 5.83. The van der Waals surface area contributed by atoms with Gasteiger partial charge in [-0.05, 0) is 24.1 Å². The number of nitrogens with one attached hydrogen (secondary N) is 1. The monoisotopic (exact) mass is 371 g/mol. The van der Waals surface area contributed by atoms with Crippen LogP contribution in [0.2, 0.25) is 0 Å². The van der Waals surface area contributed by atoms with Crippen LogP contribution in [0.3, 0.4) is 0 Å². The zero-order valence-corrected chi connectivity index (χ0v) is 15.7. The second kappa shape index (κ2) is 6.64. The topological polar surface area (TPSA) is 66.8 Å². The summed E-state index contributed by atoms with van der Waals surface area (Å²) >= 11 is 0. The van der Waals surface area contributed by atoms with Gasteiger partial charge in [-0.3, -0.25) is 4.79 Å². The van der Waals surface area contributed by atoms with Crippen molar-refractivity contribution in [2.24, 2.45) is 0 Å². The van der Waals surface area contributed by atoms with Crippen molar-refractivity contribution in [3.63, 3.8) is 0 Å². The Bertz CT molecular complexity index is 1140. The van der Waals surface area contributed by atoms with Crippen molar-refractivity contribution in [2.75, 3.05) is 0 Å². The molecule has 0 radical (unpaired) electrons. The molecular weight excluding hydrogens is 350 g/mol. The minimum absolute atomic E-state index is 0.108. The molecule has 28 heavy (non-hydrogen) atoms. The molecule has 0 saturated carbocycles. The third-order valence-electron chi connectivity index (χ3n) is 5.47. The summed E-state index contributed by atoms with van der Waals surface area (Å²) in [4.78, 5) is 18.2.